The maximum Gasteiger partial charge on any atom is 0.280 e. The minimum absolute atomic E-state index is 0.0313. The van der Waals surface area contributed by atoms with Crippen LogP contribution in [-0.4, -0.2) is 33.9 Å². The Labute approximate surface area is 178 Å². The van der Waals surface area contributed by atoms with Crippen LogP contribution in [-0.2, 0) is 11.3 Å². The summed E-state index contributed by atoms with van der Waals surface area (Å²) in [4.78, 5) is 24.9. The van der Waals surface area contributed by atoms with Crippen molar-refractivity contribution < 1.29 is 14.3 Å². The standard InChI is InChI=1S/C20H21ClN6O3/c1-11-4-7-16(30-3)15(8-11)24-20(29)18-19(22)27(26-25-18)10-17(28)23-13-6-5-12(2)14(21)9-13/h4-9H,10,22H2,1-3H3,(H,23,28)(H,24,29). The zero-order valence-corrected chi connectivity index (χ0v) is 17.4. The number of carbonyl (C=O) groups is 2. The Balaban J connectivity index is 1.70. The van der Waals surface area contributed by atoms with E-state index in [9.17, 15) is 9.59 Å². The average molecular weight is 429 g/mol. The third-order valence-corrected chi connectivity index (χ3v) is 4.75. The van der Waals surface area contributed by atoms with E-state index < -0.39 is 5.91 Å². The number of carbonyl (C=O) groups excluding carboxylic acids is 2. The van der Waals surface area contributed by atoms with Crippen molar-refractivity contribution in [2.45, 2.75) is 20.4 Å². The first-order valence-corrected chi connectivity index (χ1v) is 9.37. The van der Waals surface area contributed by atoms with Gasteiger partial charge >= 0.3 is 0 Å². The Kier molecular flexibility index (Phi) is 6.22. The molecule has 30 heavy (non-hydrogen) atoms. The van der Waals surface area contributed by atoms with Gasteiger partial charge in [-0.25, -0.2) is 4.68 Å². The number of hydrogen-bond acceptors (Lipinski definition) is 6. The lowest BCUT2D eigenvalue weighted by atomic mass is 10.2. The molecular formula is C20H21ClN6O3. The van der Waals surface area contributed by atoms with Gasteiger partial charge in [-0.1, -0.05) is 28.9 Å². The number of nitrogens with two attached hydrogens (primary N) is 1. The van der Waals surface area contributed by atoms with Gasteiger partial charge in [-0.2, -0.15) is 0 Å². The molecule has 3 aromatic rings. The van der Waals surface area contributed by atoms with Gasteiger partial charge in [-0.15, -0.1) is 5.10 Å². The van der Waals surface area contributed by atoms with E-state index in [2.05, 4.69) is 20.9 Å². The van der Waals surface area contributed by atoms with Crippen LogP contribution in [0.15, 0.2) is 36.4 Å². The average Bonchev–Trinajstić information content (AvgIpc) is 3.05. The van der Waals surface area contributed by atoms with Gasteiger partial charge in [0.15, 0.2) is 11.5 Å². The van der Waals surface area contributed by atoms with Crippen LogP contribution < -0.4 is 21.1 Å². The predicted molar refractivity (Wildman–Crippen MR) is 115 cm³/mol. The number of amides is 2. The van der Waals surface area contributed by atoms with E-state index in [4.69, 9.17) is 22.1 Å². The summed E-state index contributed by atoms with van der Waals surface area (Å²) in [6.07, 6.45) is 0. The molecule has 0 atom stereocenters. The third-order valence-electron chi connectivity index (χ3n) is 4.34. The SMILES string of the molecule is COc1ccc(C)cc1NC(=O)c1nnn(CC(=O)Nc2ccc(C)c(Cl)c2)c1N. The zero-order chi connectivity index (χ0) is 21.8. The summed E-state index contributed by atoms with van der Waals surface area (Å²) in [7, 11) is 1.50. The van der Waals surface area contributed by atoms with Gasteiger partial charge in [-0.3, -0.25) is 9.59 Å². The Morgan fingerprint density at radius 1 is 1.17 bits per heavy atom. The van der Waals surface area contributed by atoms with Gasteiger partial charge in [0.05, 0.1) is 12.8 Å². The number of hydrogen-bond donors (Lipinski definition) is 3. The number of aromatic nitrogens is 3. The molecule has 1 heterocycles. The number of nitrogens with one attached hydrogen (secondary N) is 2. The van der Waals surface area contributed by atoms with E-state index in [0.29, 0.717) is 22.1 Å². The number of methoxy groups -OCH3 is 1. The minimum Gasteiger partial charge on any atom is -0.495 e. The molecule has 2 amide bonds. The fourth-order valence-electron chi connectivity index (χ4n) is 2.71. The molecule has 156 valence electrons. The lowest BCUT2D eigenvalue weighted by Crippen LogP contribution is -2.21. The molecule has 0 aliphatic carbocycles. The molecule has 10 heteroatoms. The van der Waals surface area contributed by atoms with Crippen molar-refractivity contribution in [2.75, 3.05) is 23.5 Å². The number of nitrogens with zero attached hydrogens (tertiary/aromatic N) is 3. The largest absolute Gasteiger partial charge is 0.495 e. The molecule has 0 aliphatic rings. The molecule has 0 bridgehead atoms. The molecule has 0 aliphatic heterocycles. The van der Waals surface area contributed by atoms with E-state index in [1.165, 1.54) is 7.11 Å². The second-order valence-corrected chi connectivity index (χ2v) is 7.06. The van der Waals surface area contributed by atoms with E-state index >= 15 is 0 Å². The highest BCUT2D eigenvalue weighted by molar-refractivity contribution is 6.31. The highest BCUT2D eigenvalue weighted by Gasteiger charge is 2.20. The van der Waals surface area contributed by atoms with Crippen LogP contribution in [0.1, 0.15) is 21.6 Å². The van der Waals surface area contributed by atoms with E-state index in [1.54, 1.807) is 30.3 Å². The maximum absolute atomic E-state index is 12.6. The number of benzene rings is 2. The Morgan fingerprint density at radius 3 is 2.63 bits per heavy atom. The molecular weight excluding hydrogens is 408 g/mol. The molecule has 1 aromatic heterocycles. The van der Waals surface area contributed by atoms with Gasteiger partial charge in [0.1, 0.15) is 12.3 Å². The molecule has 0 saturated heterocycles. The predicted octanol–water partition coefficient (Wildman–Crippen LogP) is 3.03. The van der Waals surface area contributed by atoms with E-state index in [0.717, 1.165) is 15.8 Å². The number of rotatable bonds is 6. The summed E-state index contributed by atoms with van der Waals surface area (Å²) >= 11 is 6.07. The first-order valence-electron chi connectivity index (χ1n) is 8.99. The molecule has 0 fully saturated rings. The van der Waals surface area contributed by atoms with E-state index in [1.807, 2.05) is 19.9 Å². The Bertz CT molecular complexity index is 1110. The van der Waals surface area contributed by atoms with E-state index in [-0.39, 0.29) is 24.0 Å². The second-order valence-electron chi connectivity index (χ2n) is 6.65. The smallest absolute Gasteiger partial charge is 0.280 e. The third kappa shape index (κ3) is 4.69. The molecule has 2 aromatic carbocycles. The fourth-order valence-corrected chi connectivity index (χ4v) is 2.89. The van der Waals surface area contributed by atoms with Crippen molar-refractivity contribution in [1.29, 1.82) is 0 Å². The molecule has 0 unspecified atom stereocenters. The quantitative estimate of drug-likeness (QED) is 0.554. The van der Waals surface area contributed by atoms with Gasteiger partial charge in [0.25, 0.3) is 5.91 Å². The fraction of sp³-hybridized carbons (Fsp3) is 0.200. The van der Waals surface area contributed by atoms with Crippen LogP contribution in [0.2, 0.25) is 5.02 Å². The summed E-state index contributed by atoms with van der Waals surface area (Å²) in [6.45, 7) is 3.54. The Hall–Kier alpha value is -3.59. The first kappa shape index (κ1) is 21.1. The zero-order valence-electron chi connectivity index (χ0n) is 16.7. The Morgan fingerprint density at radius 2 is 1.93 bits per heavy atom. The van der Waals surface area contributed by atoms with Gasteiger partial charge in [-0.05, 0) is 49.2 Å². The summed E-state index contributed by atoms with van der Waals surface area (Å²) in [5.74, 6) is -0.487. The molecule has 3 rings (SSSR count). The van der Waals surface area contributed by atoms with Crippen LogP contribution in [0, 0.1) is 13.8 Å². The van der Waals surface area contributed by atoms with Crippen molar-refractivity contribution in [1.82, 2.24) is 15.0 Å². The second kappa shape index (κ2) is 8.83. The highest BCUT2D eigenvalue weighted by Crippen LogP contribution is 2.26. The topological polar surface area (TPSA) is 124 Å². The molecule has 4 N–H and O–H groups in total. The summed E-state index contributed by atoms with van der Waals surface area (Å²) in [6, 6.07) is 10.5. The molecule has 9 nitrogen and oxygen atoms in total. The highest BCUT2D eigenvalue weighted by atomic mass is 35.5. The van der Waals surface area contributed by atoms with Crippen molar-refractivity contribution >= 4 is 40.6 Å². The van der Waals surface area contributed by atoms with Crippen molar-refractivity contribution in [3.05, 3.63) is 58.2 Å². The van der Waals surface area contributed by atoms with Gasteiger partial charge < -0.3 is 21.1 Å². The summed E-state index contributed by atoms with van der Waals surface area (Å²) in [5.41, 5.74) is 8.75. The molecule has 0 saturated carbocycles. The lowest BCUT2D eigenvalue weighted by molar-refractivity contribution is -0.116. The molecule has 0 spiro atoms. The molecule has 0 radical (unpaired) electrons. The maximum atomic E-state index is 12.6. The lowest BCUT2D eigenvalue weighted by Gasteiger charge is -2.10. The van der Waals surface area contributed by atoms with Crippen molar-refractivity contribution in [2.24, 2.45) is 0 Å². The first-order chi connectivity index (χ1) is 14.3. The minimum atomic E-state index is -0.562. The van der Waals surface area contributed by atoms with Crippen molar-refractivity contribution in [3.63, 3.8) is 0 Å². The summed E-state index contributed by atoms with van der Waals surface area (Å²) in [5, 5.41) is 13.6. The number of ether oxygens (including phenoxy) is 1. The van der Waals surface area contributed by atoms with Crippen LogP contribution in [0.4, 0.5) is 17.2 Å². The number of halogens is 1. The van der Waals surface area contributed by atoms with Crippen LogP contribution in [0.3, 0.4) is 0 Å². The van der Waals surface area contributed by atoms with Crippen LogP contribution in [0.5, 0.6) is 5.75 Å². The monoisotopic (exact) mass is 428 g/mol. The van der Waals surface area contributed by atoms with Gasteiger partial charge in [0.2, 0.25) is 5.91 Å². The number of aryl methyl sites for hydroxylation is 2. The number of anilines is 3. The van der Waals surface area contributed by atoms with Crippen LogP contribution >= 0.6 is 11.6 Å². The van der Waals surface area contributed by atoms with Crippen molar-refractivity contribution in [3.8, 4) is 5.75 Å². The normalized spacial score (nSPS) is 10.5. The summed E-state index contributed by atoms with van der Waals surface area (Å²) < 4.78 is 6.39. The van der Waals surface area contributed by atoms with Gasteiger partial charge in [0, 0.05) is 10.7 Å². The number of nitrogen functional groups attached to an aromatic ring is 1. The van der Waals surface area contributed by atoms with Crippen LogP contribution in [0.25, 0.3) is 0 Å².